The van der Waals surface area contributed by atoms with Crippen LogP contribution >= 0.6 is 11.3 Å². The van der Waals surface area contributed by atoms with Gasteiger partial charge < -0.3 is 9.80 Å². The first-order valence-electron chi connectivity index (χ1n) is 21.3. The average Bonchev–Trinajstić information content (AvgIpc) is 3.96. The van der Waals surface area contributed by atoms with Crippen LogP contribution in [0.15, 0.2) is 231 Å². The first-order valence-corrected chi connectivity index (χ1v) is 22.2. The third-order valence-corrected chi connectivity index (χ3v) is 14.5. The van der Waals surface area contributed by atoms with Gasteiger partial charge in [0.15, 0.2) is 0 Å². The largest absolute Gasteiger partial charge is 0.310 e. The topological polar surface area (TPSA) is 6.48 Å². The molecule has 10 aromatic carbocycles. The molecule has 2 aliphatic rings. The van der Waals surface area contributed by atoms with Gasteiger partial charge in [0.25, 0.3) is 0 Å². The normalized spacial score (nSPS) is 14.5. The molecule has 1 unspecified atom stereocenters. The Labute approximate surface area is 364 Å². The molecule has 0 bridgehead atoms. The van der Waals surface area contributed by atoms with Gasteiger partial charge in [-0.2, -0.15) is 0 Å². The van der Waals surface area contributed by atoms with Gasteiger partial charge in [0, 0.05) is 54.3 Å². The van der Waals surface area contributed by atoms with Crippen molar-refractivity contribution in [2.45, 2.75) is 5.41 Å². The van der Waals surface area contributed by atoms with Crippen LogP contribution in [0.5, 0.6) is 0 Å². The Morgan fingerprint density at radius 2 is 0.903 bits per heavy atom. The van der Waals surface area contributed by atoms with Gasteiger partial charge in [0.2, 0.25) is 0 Å². The van der Waals surface area contributed by atoms with Crippen LogP contribution in [0.4, 0.5) is 34.1 Å². The molecule has 0 saturated heterocycles. The molecule has 0 radical (unpaired) electrons. The smallest absolute Gasteiger partial charge is 0.0820 e. The van der Waals surface area contributed by atoms with Gasteiger partial charge in [-0.05, 0) is 122 Å². The minimum atomic E-state index is -0.516. The van der Waals surface area contributed by atoms with E-state index in [0.717, 1.165) is 34.1 Å². The first-order chi connectivity index (χ1) is 30.8. The number of fused-ring (bicyclic) bond motifs is 14. The summed E-state index contributed by atoms with van der Waals surface area (Å²) in [4.78, 5) is 6.26. The van der Waals surface area contributed by atoms with E-state index in [0.29, 0.717) is 0 Å². The molecular formula is C59H38N2S. The number of anilines is 6. The predicted octanol–water partition coefficient (Wildman–Crippen LogP) is 16.5. The van der Waals surface area contributed by atoms with Crippen LogP contribution in [0.3, 0.4) is 0 Å². The summed E-state index contributed by atoms with van der Waals surface area (Å²) in [5, 5.41) is 6.21. The summed E-state index contributed by atoms with van der Waals surface area (Å²) in [6.45, 7) is 0. The molecule has 3 heteroatoms. The summed E-state index contributed by atoms with van der Waals surface area (Å²) in [6.07, 6.45) is 0. The molecular weight excluding hydrogens is 769 g/mol. The fraction of sp³-hybridized carbons (Fsp3) is 0.0169. The summed E-state index contributed by atoms with van der Waals surface area (Å²) in [6, 6.07) is 85.2. The number of hydrogen-bond donors (Lipinski definition) is 0. The summed E-state index contributed by atoms with van der Waals surface area (Å²) in [5.74, 6) is 0. The molecule has 0 fully saturated rings. The molecule has 1 heterocycles. The van der Waals surface area contributed by atoms with Crippen LogP contribution in [-0.2, 0) is 5.41 Å². The number of hydrogen-bond acceptors (Lipinski definition) is 3. The second-order valence-electron chi connectivity index (χ2n) is 16.4. The fourth-order valence-electron chi connectivity index (χ4n) is 10.6. The van der Waals surface area contributed by atoms with E-state index in [-0.39, 0.29) is 0 Å². The number of thiophene rings is 1. The summed E-state index contributed by atoms with van der Waals surface area (Å²) < 4.78 is 1.31. The molecule has 0 amide bonds. The summed E-state index contributed by atoms with van der Waals surface area (Å²) in [5.41, 5.74) is 15.5. The molecule has 11 aromatic rings. The zero-order valence-electron chi connectivity index (χ0n) is 33.7. The Morgan fingerprint density at radius 3 is 1.74 bits per heavy atom. The average molecular weight is 807 g/mol. The van der Waals surface area contributed by atoms with E-state index in [2.05, 4.69) is 240 Å². The van der Waals surface area contributed by atoms with E-state index in [4.69, 9.17) is 0 Å². The Kier molecular flexibility index (Phi) is 7.72. The first kappa shape index (κ1) is 35.1. The van der Waals surface area contributed by atoms with Crippen molar-refractivity contribution in [2.24, 2.45) is 0 Å². The molecule has 13 rings (SSSR count). The Balaban J connectivity index is 1.08. The Morgan fingerprint density at radius 1 is 0.323 bits per heavy atom. The Hall–Kier alpha value is -7.72. The highest BCUT2D eigenvalue weighted by Gasteiger charge is 2.53. The molecule has 1 spiro atoms. The van der Waals surface area contributed by atoms with Crippen molar-refractivity contribution in [1.29, 1.82) is 0 Å². The highest BCUT2D eigenvalue weighted by atomic mass is 32.1. The maximum Gasteiger partial charge on any atom is 0.0820 e. The van der Waals surface area contributed by atoms with Crippen LogP contribution in [0.25, 0.3) is 53.9 Å². The molecule has 62 heavy (non-hydrogen) atoms. The molecule has 1 atom stereocenters. The molecule has 290 valence electrons. The van der Waals surface area contributed by atoms with Gasteiger partial charge in [-0.3, -0.25) is 0 Å². The number of nitrogens with zero attached hydrogens (tertiary/aromatic N) is 2. The van der Waals surface area contributed by atoms with Crippen molar-refractivity contribution in [3.63, 3.8) is 0 Å². The predicted molar refractivity (Wildman–Crippen MR) is 263 cm³/mol. The molecule has 0 saturated carbocycles. The van der Waals surface area contributed by atoms with E-state index in [1.807, 2.05) is 11.3 Å². The minimum absolute atomic E-state index is 0.516. The van der Waals surface area contributed by atoms with Gasteiger partial charge in [-0.15, -0.1) is 11.3 Å². The standard InChI is InChI=1S/C59H38N2S/c1-3-20-42(21-4-1)60(44-31-30-39-16-7-8-18-41(39)36-44)46-32-34-49-48-25-11-13-27-52(48)59(54(49)38-46)53-35-33-45(37-51(53)57-50-26-12-14-29-56(50)62-58(57)59)61(43-22-5-2-6-23-43)55-28-15-19-40-17-9-10-24-47(40)55/h1-38H. The van der Waals surface area contributed by atoms with Crippen molar-refractivity contribution in [3.05, 3.63) is 252 Å². The van der Waals surface area contributed by atoms with Crippen LogP contribution in [-0.4, -0.2) is 0 Å². The van der Waals surface area contributed by atoms with Gasteiger partial charge in [0.1, 0.15) is 0 Å². The molecule has 2 nitrogen and oxygen atoms in total. The van der Waals surface area contributed by atoms with Crippen molar-refractivity contribution >= 4 is 77.1 Å². The molecule has 1 aromatic heterocycles. The highest BCUT2D eigenvalue weighted by molar-refractivity contribution is 7.20. The van der Waals surface area contributed by atoms with Crippen molar-refractivity contribution in [2.75, 3.05) is 9.80 Å². The maximum atomic E-state index is 2.50. The lowest BCUT2D eigenvalue weighted by atomic mass is 9.73. The van der Waals surface area contributed by atoms with Crippen LogP contribution < -0.4 is 9.80 Å². The monoisotopic (exact) mass is 806 g/mol. The third-order valence-electron chi connectivity index (χ3n) is 13.2. The van der Waals surface area contributed by atoms with Gasteiger partial charge in [-0.1, -0.05) is 158 Å². The fourth-order valence-corrected chi connectivity index (χ4v) is 12.0. The number of rotatable bonds is 6. The third kappa shape index (κ3) is 5.03. The zero-order chi connectivity index (χ0) is 40.8. The van der Waals surface area contributed by atoms with Crippen LogP contribution in [0, 0.1) is 0 Å². The number of para-hydroxylation sites is 2. The number of benzene rings is 10. The minimum Gasteiger partial charge on any atom is -0.310 e. The van der Waals surface area contributed by atoms with Crippen molar-refractivity contribution < 1.29 is 0 Å². The maximum absolute atomic E-state index is 2.50. The lowest BCUT2D eigenvalue weighted by Gasteiger charge is -2.32. The zero-order valence-corrected chi connectivity index (χ0v) is 34.6. The molecule has 0 N–H and O–H groups in total. The van der Waals surface area contributed by atoms with E-state index in [1.54, 1.807) is 0 Å². The second kappa shape index (κ2) is 13.7. The van der Waals surface area contributed by atoms with E-state index in [1.165, 1.54) is 75.5 Å². The van der Waals surface area contributed by atoms with Gasteiger partial charge in [0.05, 0.1) is 11.1 Å². The van der Waals surface area contributed by atoms with Crippen LogP contribution in [0.2, 0.25) is 0 Å². The lowest BCUT2D eigenvalue weighted by molar-refractivity contribution is 0.811. The summed E-state index contributed by atoms with van der Waals surface area (Å²) >= 11 is 1.96. The quantitative estimate of drug-likeness (QED) is 0.165. The highest BCUT2D eigenvalue weighted by Crippen LogP contribution is 2.67. The van der Waals surface area contributed by atoms with Crippen molar-refractivity contribution in [3.8, 4) is 22.3 Å². The van der Waals surface area contributed by atoms with Gasteiger partial charge >= 0.3 is 0 Å². The SMILES string of the molecule is c1ccc(N(c2ccc3c(c2)C2(c4ccccc4-3)c3ccc(N(c4ccccc4)c4cccc5ccccc45)cc3-c3c2sc2ccccc32)c2ccc3ccccc3c2)cc1. The van der Waals surface area contributed by atoms with E-state index in [9.17, 15) is 0 Å². The summed E-state index contributed by atoms with van der Waals surface area (Å²) in [7, 11) is 0. The van der Waals surface area contributed by atoms with Gasteiger partial charge in [-0.25, -0.2) is 0 Å². The van der Waals surface area contributed by atoms with Crippen LogP contribution in [0.1, 0.15) is 21.6 Å². The molecule has 2 aliphatic carbocycles. The van der Waals surface area contributed by atoms with E-state index < -0.39 is 5.41 Å². The van der Waals surface area contributed by atoms with E-state index >= 15 is 0 Å². The second-order valence-corrected chi connectivity index (χ2v) is 17.5. The Bertz CT molecular complexity index is 3550. The molecule has 0 aliphatic heterocycles. The lowest BCUT2D eigenvalue weighted by Crippen LogP contribution is -2.25. The van der Waals surface area contributed by atoms with Crippen molar-refractivity contribution in [1.82, 2.24) is 0 Å².